The average molecular weight is 461 g/mol. The molecule has 0 aromatic carbocycles. The van der Waals surface area contributed by atoms with E-state index in [1.54, 1.807) is 0 Å². The zero-order chi connectivity index (χ0) is 17.7. The molecule has 0 rings (SSSR count). The molecule has 0 aromatic rings. The van der Waals surface area contributed by atoms with Gasteiger partial charge in [-0.1, -0.05) is 0 Å². The number of alkyl halides is 14. The Labute approximate surface area is 116 Å². The standard InChI is InChI=1S/2C3F7.Sb.H/c2*4-1(5)2(6,7)3(8,9)10;;. The first kappa shape index (κ1) is 20.8. The SMILES string of the molecule is FC(F)(F)C(F)(F)[C](F)(F)[SbH][C](F)(F)C(F)(F)C(F)(F)F. The molecule has 0 N–H and O–H groups in total. The van der Waals surface area contributed by atoms with E-state index in [-0.39, 0.29) is 0 Å². The summed E-state index contributed by atoms with van der Waals surface area (Å²) in [5, 5.41) is 0. The van der Waals surface area contributed by atoms with Crippen LogP contribution in [0.15, 0.2) is 0 Å². The number of rotatable bonds is 4. The molecule has 0 aliphatic carbocycles. The maximum atomic E-state index is 12.5. The van der Waals surface area contributed by atoms with Crippen molar-refractivity contribution in [3.8, 4) is 0 Å². The van der Waals surface area contributed by atoms with Gasteiger partial charge in [-0.15, -0.1) is 0 Å². The van der Waals surface area contributed by atoms with E-state index in [2.05, 4.69) is 0 Å². The Kier molecular flexibility index (Phi) is 5.15. The Morgan fingerprint density at radius 3 is 0.714 bits per heavy atom. The average Bonchev–Trinajstić information content (AvgIpc) is 2.11. The second-order valence-corrected chi connectivity index (χ2v) is 7.72. The van der Waals surface area contributed by atoms with Gasteiger partial charge in [0.15, 0.2) is 0 Å². The van der Waals surface area contributed by atoms with Crippen molar-refractivity contribution in [1.82, 2.24) is 0 Å². The molecule has 0 saturated heterocycles. The van der Waals surface area contributed by atoms with Gasteiger partial charge >= 0.3 is 115 Å². The van der Waals surface area contributed by atoms with Crippen LogP contribution in [0.25, 0.3) is 0 Å². The molecule has 0 heterocycles. The quantitative estimate of drug-likeness (QED) is 0.439. The van der Waals surface area contributed by atoms with Crippen LogP contribution in [0.2, 0.25) is 0 Å². The Morgan fingerprint density at radius 2 is 0.571 bits per heavy atom. The zero-order valence-corrected chi connectivity index (χ0v) is 11.6. The summed E-state index contributed by atoms with van der Waals surface area (Å²) in [6.07, 6.45) is -14.2. The predicted octanol–water partition coefficient (Wildman–Crippen LogP) is 4.00. The van der Waals surface area contributed by atoms with Crippen LogP contribution in [0.5, 0.6) is 0 Å². The Morgan fingerprint density at radius 1 is 0.381 bits per heavy atom. The first-order valence-electron chi connectivity index (χ1n) is 4.15. The normalized spacial score (nSPS) is 16.3. The van der Waals surface area contributed by atoms with E-state index < -0.39 is 53.6 Å². The van der Waals surface area contributed by atoms with Crippen molar-refractivity contribution in [2.75, 3.05) is 0 Å². The molecule has 0 aliphatic rings. The molecule has 0 nitrogen and oxygen atoms in total. The number of hydrogen-bond acceptors (Lipinski definition) is 0. The Hall–Kier alpha value is -0.162. The summed E-state index contributed by atoms with van der Waals surface area (Å²) in [5.41, 5.74) is 0. The van der Waals surface area contributed by atoms with Crippen molar-refractivity contribution < 1.29 is 61.5 Å². The zero-order valence-electron chi connectivity index (χ0n) is 8.79. The van der Waals surface area contributed by atoms with Gasteiger partial charge in [0, 0.05) is 0 Å². The fourth-order valence-electron chi connectivity index (χ4n) is 0.710. The molecular weight excluding hydrogens is 460 g/mol. The fraction of sp³-hybridized carbons (Fsp3) is 1.00. The van der Waals surface area contributed by atoms with Gasteiger partial charge in [0.2, 0.25) is 0 Å². The number of halogens is 14. The third-order valence-electron chi connectivity index (χ3n) is 1.81. The van der Waals surface area contributed by atoms with Crippen LogP contribution in [-0.4, -0.2) is 53.6 Å². The van der Waals surface area contributed by atoms with Crippen molar-refractivity contribution >= 4 is 21.6 Å². The van der Waals surface area contributed by atoms with Gasteiger partial charge in [0.1, 0.15) is 0 Å². The molecule has 0 atom stereocenters. The van der Waals surface area contributed by atoms with Crippen LogP contribution in [0.1, 0.15) is 0 Å². The molecular formula is C6HF14Sb. The van der Waals surface area contributed by atoms with Gasteiger partial charge in [0.25, 0.3) is 0 Å². The molecule has 0 aromatic heterocycles. The molecule has 128 valence electrons. The van der Waals surface area contributed by atoms with Gasteiger partial charge in [0.05, 0.1) is 0 Å². The Bertz CT molecular complexity index is 338. The fourth-order valence-corrected chi connectivity index (χ4v) is 3.54. The second kappa shape index (κ2) is 5.19. The van der Waals surface area contributed by atoms with Gasteiger partial charge in [-0.3, -0.25) is 0 Å². The van der Waals surface area contributed by atoms with Crippen LogP contribution >= 0.6 is 0 Å². The van der Waals surface area contributed by atoms with E-state index in [1.165, 1.54) is 0 Å². The minimum atomic E-state index is -7.16. The van der Waals surface area contributed by atoms with E-state index in [9.17, 15) is 61.5 Å². The molecule has 0 aliphatic heterocycles. The molecule has 0 saturated carbocycles. The van der Waals surface area contributed by atoms with E-state index in [1.807, 2.05) is 0 Å². The van der Waals surface area contributed by atoms with Crippen molar-refractivity contribution in [2.45, 2.75) is 31.9 Å². The van der Waals surface area contributed by atoms with Crippen LogP contribution in [0.3, 0.4) is 0 Å². The minimum absolute atomic E-state index is 6.25. The molecule has 21 heavy (non-hydrogen) atoms. The van der Waals surface area contributed by atoms with Gasteiger partial charge < -0.3 is 0 Å². The van der Waals surface area contributed by atoms with E-state index >= 15 is 0 Å². The Balaban J connectivity index is 5.65. The van der Waals surface area contributed by atoms with Crippen LogP contribution in [-0.2, 0) is 0 Å². The third-order valence-corrected chi connectivity index (χ3v) is 5.40. The number of hydrogen-bond donors (Lipinski definition) is 0. The van der Waals surface area contributed by atoms with Gasteiger partial charge in [-0.25, -0.2) is 0 Å². The summed E-state index contributed by atoms with van der Waals surface area (Å²) in [6.45, 7) is 0. The third kappa shape index (κ3) is 3.61. The molecule has 0 spiro atoms. The van der Waals surface area contributed by atoms with Crippen molar-refractivity contribution in [3.63, 3.8) is 0 Å². The topological polar surface area (TPSA) is 0 Å². The summed E-state index contributed by atoms with van der Waals surface area (Å²) in [6, 6.07) is 0. The first-order valence-corrected chi connectivity index (χ1v) is 7.00. The van der Waals surface area contributed by atoms with Crippen molar-refractivity contribution in [2.24, 2.45) is 0 Å². The van der Waals surface area contributed by atoms with Crippen LogP contribution in [0.4, 0.5) is 61.5 Å². The molecule has 0 radical (unpaired) electrons. The molecule has 0 amide bonds. The van der Waals surface area contributed by atoms with Gasteiger partial charge in [-0.2, -0.15) is 0 Å². The van der Waals surface area contributed by atoms with Crippen LogP contribution < -0.4 is 0 Å². The summed E-state index contributed by atoms with van der Waals surface area (Å²) in [7, 11) is 0. The maximum absolute atomic E-state index is 12.5. The molecule has 0 bridgehead atoms. The van der Waals surface area contributed by atoms with E-state index in [4.69, 9.17) is 0 Å². The first-order chi connectivity index (χ1) is 8.71. The second-order valence-electron chi connectivity index (χ2n) is 3.42. The van der Waals surface area contributed by atoms with Crippen molar-refractivity contribution in [3.05, 3.63) is 0 Å². The summed E-state index contributed by atoms with van der Waals surface area (Å²) in [5.74, 6) is -14.3. The monoisotopic (exact) mass is 460 g/mol. The summed E-state index contributed by atoms with van der Waals surface area (Å²) < 4.78 is 155. The summed E-state index contributed by atoms with van der Waals surface area (Å²) >= 11 is -6.25. The molecule has 0 unspecified atom stereocenters. The predicted molar refractivity (Wildman–Crippen MR) is 39.0 cm³/mol. The van der Waals surface area contributed by atoms with Crippen molar-refractivity contribution in [1.29, 1.82) is 0 Å². The molecule has 0 fully saturated rings. The summed E-state index contributed by atoms with van der Waals surface area (Å²) in [4.78, 5) is 0. The van der Waals surface area contributed by atoms with Crippen LogP contribution in [0, 0.1) is 0 Å². The van der Waals surface area contributed by atoms with Gasteiger partial charge in [-0.05, 0) is 0 Å². The van der Waals surface area contributed by atoms with E-state index in [0.717, 1.165) is 0 Å². The van der Waals surface area contributed by atoms with E-state index in [0.29, 0.717) is 0 Å². The molecule has 15 heteroatoms.